The molecular weight excluding hydrogens is 322 g/mol. The molecule has 0 amide bonds. The first-order valence-electron chi connectivity index (χ1n) is 0.969. The molecule has 0 aliphatic heterocycles. The second-order valence-electron chi connectivity index (χ2n) is 1.23. The Balaban J connectivity index is 4.43. The molecule has 0 saturated carbocycles. The number of rotatable bonds is 0. The molecule has 52 valence electrons. The molecule has 0 heterocycles. The van der Waals surface area contributed by atoms with Crippen molar-refractivity contribution in [1.29, 1.82) is 0 Å². The van der Waals surface area contributed by atoms with Gasteiger partial charge in [0.05, 0.1) is 0 Å². The molecule has 0 bridgehead atoms. The molecule has 7 heavy (non-hydrogen) atoms. The summed E-state index contributed by atoms with van der Waals surface area (Å²) in [4.78, 5) is 0. The van der Waals surface area contributed by atoms with Crippen LogP contribution in [-0.2, 0) is 12.5 Å². The third-order valence-corrected chi connectivity index (χ3v) is 0. The molecule has 8 N–H and O–H groups in total. The molecule has 0 unspecified atom stereocenters. The Morgan fingerprint density at radius 1 is 0.857 bits per heavy atom. The molecule has 0 aromatic rings. The number of hydrogen-bond acceptors (Lipinski definition) is 4. The van der Waals surface area contributed by atoms with Crippen LogP contribution in [0.3, 0.4) is 0 Å². The van der Waals surface area contributed by atoms with Gasteiger partial charge >= 0.3 is 48.5 Å². The topological polar surface area (TPSA) is 104 Å². The van der Waals surface area contributed by atoms with Gasteiger partial charge in [-0.3, -0.25) is 0 Å². The predicted molar refractivity (Wildman–Crippen MR) is 28.5 cm³/mol. The third kappa shape index (κ3) is 151. The summed E-state index contributed by atoms with van der Waals surface area (Å²) in [5.41, 5.74) is 0. The van der Waals surface area contributed by atoms with Gasteiger partial charge in [-0.05, 0) is 0 Å². The van der Waals surface area contributed by atoms with Crippen LogP contribution >= 0.6 is 18.8 Å². The Bertz CT molecular complexity index is 68.3. The molecule has 0 atom stereocenters. The van der Waals surface area contributed by atoms with Gasteiger partial charge in [0.2, 0.25) is 0 Å². The van der Waals surface area contributed by atoms with E-state index in [9.17, 15) is 0 Å². The van der Waals surface area contributed by atoms with E-state index in [1.807, 2.05) is 0 Å². The van der Waals surface area contributed by atoms with Crippen molar-refractivity contribution in [3.05, 3.63) is 0 Å². The van der Waals surface area contributed by atoms with Crippen LogP contribution in [0.5, 0.6) is 0 Å². The van der Waals surface area contributed by atoms with Crippen LogP contribution in [0.4, 0.5) is 0 Å². The monoisotopic (exact) mass is 329 g/mol. The average Bonchev–Trinajstić information content (AvgIpc) is 0.592. The van der Waals surface area contributed by atoms with Crippen LogP contribution in [0.15, 0.2) is 0 Å². The van der Waals surface area contributed by atoms with Crippen LogP contribution in [0.1, 0.15) is 0 Å². The van der Waals surface area contributed by atoms with Crippen LogP contribution < -0.4 is 17.2 Å². The SMILES string of the molecule is [NH2][Pt]([NH2])([NH2])([NH2])([Cl])[Cl]. The van der Waals surface area contributed by atoms with E-state index >= 15 is 0 Å². The van der Waals surface area contributed by atoms with Crippen molar-refractivity contribution < 1.29 is 12.5 Å². The van der Waals surface area contributed by atoms with Crippen LogP contribution in [0.25, 0.3) is 0 Å². The summed E-state index contributed by atoms with van der Waals surface area (Å²) in [7, 11) is 10.2. The normalized spacial score (nSPS) is 23.1. The van der Waals surface area contributed by atoms with Crippen molar-refractivity contribution in [3.8, 4) is 0 Å². The van der Waals surface area contributed by atoms with Gasteiger partial charge in [0.25, 0.3) is 0 Å². The molecule has 0 aliphatic carbocycles. The van der Waals surface area contributed by atoms with E-state index in [1.165, 1.54) is 0 Å². The number of halogens is 2. The first-order chi connectivity index (χ1) is 2.45. The van der Waals surface area contributed by atoms with Crippen molar-refractivity contribution >= 4 is 18.8 Å². The molecule has 0 aromatic heterocycles. The van der Waals surface area contributed by atoms with E-state index in [0.29, 0.717) is 0 Å². The Hall–Kier alpha value is 1.11. The molecule has 0 radical (unpaired) electrons. The second kappa shape index (κ2) is 1.02. The van der Waals surface area contributed by atoms with E-state index in [0.717, 1.165) is 0 Å². The summed E-state index contributed by atoms with van der Waals surface area (Å²) in [6.07, 6.45) is 0. The van der Waals surface area contributed by atoms with E-state index in [-0.39, 0.29) is 0 Å². The molecule has 0 fully saturated rings. The Kier molecular flexibility index (Phi) is 1.18. The zero-order valence-electron chi connectivity index (χ0n) is 3.38. The Labute approximate surface area is 48.6 Å². The van der Waals surface area contributed by atoms with Crippen LogP contribution in [-0.4, -0.2) is 0 Å². The van der Waals surface area contributed by atoms with Crippen molar-refractivity contribution in [3.63, 3.8) is 0 Å². The molecular formula is H8Cl2N4Pt. The van der Waals surface area contributed by atoms with Gasteiger partial charge in [-0.1, -0.05) is 0 Å². The minimum absolute atomic E-state index is 4.89. The summed E-state index contributed by atoms with van der Waals surface area (Å²) < 4.78 is 19.5. The summed E-state index contributed by atoms with van der Waals surface area (Å²) in [6.45, 7) is 0. The van der Waals surface area contributed by atoms with Crippen molar-refractivity contribution in [1.82, 2.24) is 0 Å². The quantitative estimate of drug-likeness (QED) is 0.458. The minimum atomic E-state index is -5.18. The van der Waals surface area contributed by atoms with Crippen LogP contribution in [0, 0.1) is 0 Å². The number of nitrogens with two attached hydrogens (primary N) is 4. The summed E-state index contributed by atoms with van der Waals surface area (Å²) in [5, 5.41) is 0. The predicted octanol–water partition coefficient (Wildman–Crippen LogP) is -0.986. The van der Waals surface area contributed by atoms with Gasteiger partial charge in [0.15, 0.2) is 0 Å². The van der Waals surface area contributed by atoms with Gasteiger partial charge in [0.1, 0.15) is 0 Å². The van der Waals surface area contributed by atoms with E-state index in [2.05, 4.69) is 0 Å². The molecule has 0 aliphatic rings. The molecule has 4 nitrogen and oxygen atoms in total. The van der Waals surface area contributed by atoms with Gasteiger partial charge < -0.3 is 0 Å². The fourth-order valence-corrected chi connectivity index (χ4v) is 0. The third-order valence-electron chi connectivity index (χ3n) is 0. The summed E-state index contributed by atoms with van der Waals surface area (Å²) in [5.74, 6) is 0. The Morgan fingerprint density at radius 2 is 0.857 bits per heavy atom. The van der Waals surface area contributed by atoms with Crippen LogP contribution in [0.2, 0.25) is 0 Å². The second-order valence-corrected chi connectivity index (χ2v) is 22.1. The van der Waals surface area contributed by atoms with Crippen molar-refractivity contribution in [2.75, 3.05) is 0 Å². The van der Waals surface area contributed by atoms with Gasteiger partial charge in [-0.15, -0.1) is 0 Å². The summed E-state index contributed by atoms with van der Waals surface area (Å²) >= 11 is -5.18. The average molecular weight is 330 g/mol. The van der Waals surface area contributed by atoms with Crippen molar-refractivity contribution in [2.45, 2.75) is 0 Å². The van der Waals surface area contributed by atoms with Gasteiger partial charge in [-0.25, -0.2) is 0 Å². The molecule has 7 heteroatoms. The fraction of sp³-hybridized carbons (Fsp3) is 0. The standard InChI is InChI=1S/2ClH.4H2N.Pt/h2*1H;4*1H2;/q;;4*-1;+6/p-2. The first kappa shape index (κ1) is 8.11. The summed E-state index contributed by atoms with van der Waals surface area (Å²) in [6, 6.07) is 0. The molecule has 0 aromatic carbocycles. The van der Waals surface area contributed by atoms with Gasteiger partial charge in [-0.2, -0.15) is 0 Å². The van der Waals surface area contributed by atoms with E-state index in [4.69, 9.17) is 36.0 Å². The van der Waals surface area contributed by atoms with E-state index in [1.54, 1.807) is 0 Å². The zero-order valence-corrected chi connectivity index (χ0v) is 7.17. The fourth-order valence-electron chi connectivity index (χ4n) is 0. The van der Waals surface area contributed by atoms with Crippen molar-refractivity contribution in [2.24, 2.45) is 17.2 Å². The zero-order chi connectivity index (χ0) is 6.41. The maximum absolute atomic E-state index is 5.18. The molecule has 0 saturated heterocycles. The molecule has 0 rings (SSSR count). The van der Waals surface area contributed by atoms with E-state index < -0.39 is 12.5 Å². The Morgan fingerprint density at radius 3 is 0.857 bits per heavy atom. The van der Waals surface area contributed by atoms with Gasteiger partial charge in [0, 0.05) is 0 Å². The molecule has 0 spiro atoms. The maximum atomic E-state index is 5.10. The first-order valence-corrected chi connectivity index (χ1v) is 11.8. The number of hydrogen-bond donors (Lipinski definition) is 4.